The second kappa shape index (κ2) is 4.79. The number of ether oxygens (including phenoxy) is 1. The fraction of sp³-hybridized carbons (Fsp3) is 0.100. The summed E-state index contributed by atoms with van der Waals surface area (Å²) in [6.45, 7) is 0. The van der Waals surface area contributed by atoms with Gasteiger partial charge < -0.3 is 9.84 Å². The van der Waals surface area contributed by atoms with Crippen LogP contribution in [0.5, 0.6) is 11.5 Å². The highest BCUT2D eigenvalue weighted by molar-refractivity contribution is 7.71. The lowest BCUT2D eigenvalue weighted by Gasteiger charge is -2.03. The quantitative estimate of drug-likeness (QED) is 0.640. The second-order valence-electron chi connectivity index (χ2n) is 3.18. The van der Waals surface area contributed by atoms with E-state index in [4.69, 9.17) is 17.0 Å². The van der Waals surface area contributed by atoms with Crippen molar-refractivity contribution < 1.29 is 9.84 Å². The number of nitrogens with zero attached hydrogens (tertiary/aromatic N) is 3. The first-order valence-electron chi connectivity index (χ1n) is 4.74. The van der Waals surface area contributed by atoms with Crippen LogP contribution in [-0.4, -0.2) is 33.3 Å². The summed E-state index contributed by atoms with van der Waals surface area (Å²) in [7, 11) is 1.49. The number of rotatable bonds is 3. The zero-order chi connectivity index (χ0) is 12.3. The number of hydrogen-bond acceptors (Lipinski definition) is 5. The van der Waals surface area contributed by atoms with E-state index < -0.39 is 0 Å². The minimum absolute atomic E-state index is 0.0876. The van der Waals surface area contributed by atoms with E-state index in [2.05, 4.69) is 15.3 Å². The Labute approximate surface area is 102 Å². The lowest BCUT2D eigenvalue weighted by molar-refractivity contribution is 0.373. The summed E-state index contributed by atoms with van der Waals surface area (Å²) in [6.07, 6.45) is 3.06. The summed E-state index contributed by atoms with van der Waals surface area (Å²) in [6, 6.07) is 4.92. The van der Waals surface area contributed by atoms with Gasteiger partial charge in [-0.25, -0.2) is 0 Å². The van der Waals surface area contributed by atoms with Gasteiger partial charge in [-0.1, -0.05) is 0 Å². The summed E-state index contributed by atoms with van der Waals surface area (Å²) in [5.74, 6) is 0.481. The Bertz CT molecular complexity index is 602. The van der Waals surface area contributed by atoms with Crippen molar-refractivity contribution in [2.75, 3.05) is 7.11 Å². The van der Waals surface area contributed by atoms with Crippen molar-refractivity contribution in [1.82, 2.24) is 14.9 Å². The summed E-state index contributed by atoms with van der Waals surface area (Å²) >= 11 is 4.94. The first-order chi connectivity index (χ1) is 8.20. The maximum Gasteiger partial charge on any atom is 0.216 e. The molecule has 0 unspecified atom stereocenters. The van der Waals surface area contributed by atoms with Crippen molar-refractivity contribution in [2.24, 2.45) is 5.10 Å². The van der Waals surface area contributed by atoms with Gasteiger partial charge in [0.05, 0.1) is 13.3 Å². The molecule has 0 aliphatic heterocycles. The van der Waals surface area contributed by atoms with E-state index in [1.165, 1.54) is 24.2 Å². The molecule has 0 radical (unpaired) electrons. The molecule has 0 saturated carbocycles. The highest BCUT2D eigenvalue weighted by atomic mass is 32.1. The average Bonchev–Trinajstić information content (AvgIpc) is 2.74. The van der Waals surface area contributed by atoms with Crippen LogP contribution in [0.1, 0.15) is 5.56 Å². The minimum atomic E-state index is 0.0876. The van der Waals surface area contributed by atoms with Gasteiger partial charge in [0.15, 0.2) is 11.5 Å². The van der Waals surface area contributed by atoms with Crippen LogP contribution in [0, 0.1) is 4.77 Å². The Kier molecular flexibility index (Phi) is 3.20. The number of aromatic hydroxyl groups is 1. The fourth-order valence-electron chi connectivity index (χ4n) is 1.23. The van der Waals surface area contributed by atoms with E-state index >= 15 is 0 Å². The van der Waals surface area contributed by atoms with E-state index in [-0.39, 0.29) is 5.75 Å². The molecule has 0 spiro atoms. The van der Waals surface area contributed by atoms with Gasteiger partial charge >= 0.3 is 0 Å². The molecule has 0 fully saturated rings. The maximum absolute atomic E-state index is 9.42. The summed E-state index contributed by atoms with van der Waals surface area (Å²) < 4.78 is 6.82. The molecule has 0 aliphatic carbocycles. The molecule has 0 atom stereocenters. The summed E-state index contributed by atoms with van der Waals surface area (Å²) in [5, 5.41) is 19.8. The van der Waals surface area contributed by atoms with Crippen LogP contribution < -0.4 is 4.74 Å². The SMILES string of the molecule is COc1cc(/C=N\n2cn[nH]c2=S)ccc1O. The van der Waals surface area contributed by atoms with Crippen molar-refractivity contribution >= 4 is 18.4 Å². The van der Waals surface area contributed by atoms with E-state index in [0.29, 0.717) is 10.5 Å². The predicted molar refractivity (Wildman–Crippen MR) is 65.1 cm³/mol. The van der Waals surface area contributed by atoms with Crippen LogP contribution in [0.2, 0.25) is 0 Å². The third kappa shape index (κ3) is 2.51. The van der Waals surface area contributed by atoms with Crippen molar-refractivity contribution in [3.8, 4) is 11.5 Å². The van der Waals surface area contributed by atoms with Crippen LogP contribution in [0.3, 0.4) is 0 Å². The topological polar surface area (TPSA) is 75.4 Å². The van der Waals surface area contributed by atoms with Crippen LogP contribution in [0.25, 0.3) is 0 Å². The predicted octanol–water partition coefficient (Wildman–Crippen LogP) is 1.54. The van der Waals surface area contributed by atoms with E-state index in [1.807, 2.05) is 0 Å². The molecule has 1 heterocycles. The number of benzene rings is 1. The Morgan fingerprint density at radius 3 is 3.06 bits per heavy atom. The maximum atomic E-state index is 9.42. The van der Waals surface area contributed by atoms with Crippen LogP contribution >= 0.6 is 12.2 Å². The molecule has 17 heavy (non-hydrogen) atoms. The summed E-state index contributed by atoms with van der Waals surface area (Å²) in [4.78, 5) is 0. The Hall–Kier alpha value is -2.15. The lowest BCUT2D eigenvalue weighted by Crippen LogP contribution is -1.90. The number of methoxy groups -OCH3 is 1. The first kappa shape index (κ1) is 11.3. The molecule has 0 amide bonds. The van der Waals surface area contributed by atoms with Gasteiger partial charge in [0, 0.05) is 0 Å². The number of aromatic amines is 1. The molecule has 1 aromatic heterocycles. The molecule has 0 aliphatic rings. The Morgan fingerprint density at radius 1 is 1.59 bits per heavy atom. The molecule has 88 valence electrons. The monoisotopic (exact) mass is 250 g/mol. The van der Waals surface area contributed by atoms with Gasteiger partial charge in [0.25, 0.3) is 0 Å². The number of phenolic OH excluding ortho intramolecular Hbond substituents is 1. The molecule has 6 nitrogen and oxygen atoms in total. The minimum Gasteiger partial charge on any atom is -0.504 e. The van der Waals surface area contributed by atoms with Crippen LogP contribution in [0.15, 0.2) is 29.6 Å². The molecule has 2 aromatic rings. The Morgan fingerprint density at radius 2 is 2.41 bits per heavy atom. The molecule has 0 bridgehead atoms. The normalized spacial score (nSPS) is 10.9. The van der Waals surface area contributed by atoms with Gasteiger partial charge in [-0.3, -0.25) is 5.10 Å². The third-order valence-corrected chi connectivity index (χ3v) is 2.35. The van der Waals surface area contributed by atoms with Gasteiger partial charge in [0.2, 0.25) is 4.77 Å². The van der Waals surface area contributed by atoms with Crippen molar-refractivity contribution in [1.29, 1.82) is 0 Å². The standard InChI is InChI=1S/C10H10N4O2S/c1-16-9-4-7(2-3-8(9)15)5-12-14-6-11-13-10(14)17/h2-6,15H,1H3,(H,13,17)/b12-5-. The molecule has 1 aromatic carbocycles. The smallest absolute Gasteiger partial charge is 0.216 e. The number of hydrogen-bond donors (Lipinski definition) is 2. The van der Waals surface area contributed by atoms with Crippen LogP contribution in [-0.2, 0) is 0 Å². The van der Waals surface area contributed by atoms with E-state index in [9.17, 15) is 5.11 Å². The highest BCUT2D eigenvalue weighted by Gasteiger charge is 2.00. The van der Waals surface area contributed by atoms with Gasteiger partial charge in [-0.2, -0.15) is 14.9 Å². The third-order valence-electron chi connectivity index (χ3n) is 2.07. The van der Waals surface area contributed by atoms with E-state index in [0.717, 1.165) is 5.56 Å². The molecule has 2 rings (SSSR count). The largest absolute Gasteiger partial charge is 0.504 e. The summed E-state index contributed by atoms with van der Waals surface area (Å²) in [5.41, 5.74) is 0.780. The first-order valence-corrected chi connectivity index (χ1v) is 5.15. The van der Waals surface area contributed by atoms with Gasteiger partial charge in [-0.05, 0) is 36.0 Å². The molecular formula is C10H10N4O2S. The second-order valence-corrected chi connectivity index (χ2v) is 3.57. The number of phenols is 1. The van der Waals surface area contributed by atoms with Crippen molar-refractivity contribution in [2.45, 2.75) is 0 Å². The number of H-pyrrole nitrogens is 1. The zero-order valence-corrected chi connectivity index (χ0v) is 9.81. The molecule has 2 N–H and O–H groups in total. The Balaban J connectivity index is 2.28. The van der Waals surface area contributed by atoms with Gasteiger partial charge in [0.1, 0.15) is 6.33 Å². The highest BCUT2D eigenvalue weighted by Crippen LogP contribution is 2.25. The fourth-order valence-corrected chi connectivity index (χ4v) is 1.38. The molecule has 7 heteroatoms. The van der Waals surface area contributed by atoms with Crippen LogP contribution in [0.4, 0.5) is 0 Å². The van der Waals surface area contributed by atoms with Gasteiger partial charge in [-0.15, -0.1) is 0 Å². The number of nitrogens with one attached hydrogen (secondary N) is 1. The van der Waals surface area contributed by atoms with Crippen molar-refractivity contribution in [3.63, 3.8) is 0 Å². The van der Waals surface area contributed by atoms with Crippen molar-refractivity contribution in [3.05, 3.63) is 34.9 Å². The lowest BCUT2D eigenvalue weighted by atomic mass is 10.2. The zero-order valence-electron chi connectivity index (χ0n) is 8.99. The molecule has 0 saturated heterocycles. The average molecular weight is 250 g/mol. The molecular weight excluding hydrogens is 240 g/mol. The van der Waals surface area contributed by atoms with E-state index in [1.54, 1.807) is 18.3 Å². The number of aromatic nitrogens is 3.